The number of aryl methyl sites for hydroxylation is 1. The van der Waals surface area contributed by atoms with E-state index in [1.54, 1.807) is 0 Å². The highest BCUT2D eigenvalue weighted by atomic mass is 15.0. The standard InChI is InChI=1S/C38H36N4/c1-5-15-36-40-37(30-17-9-8-10-18-30)42-38(41-36)33-24-28(23-32(25-33)29(6-2)26-39-7-3)22-31-19-12-14-21-35(31)34-20-13-11-16-27(34)4/h5-14,16-21,23-25H,1,15,22,26H2,2-4H3/b29-6+,39-7-. The lowest BCUT2D eigenvalue weighted by Gasteiger charge is -2.15. The molecule has 0 bridgehead atoms. The van der Waals surface area contributed by atoms with Gasteiger partial charge in [0, 0.05) is 17.5 Å². The van der Waals surface area contributed by atoms with Crippen molar-refractivity contribution in [3.63, 3.8) is 0 Å². The second-order valence-corrected chi connectivity index (χ2v) is 10.2. The van der Waals surface area contributed by atoms with Gasteiger partial charge in [0.1, 0.15) is 5.82 Å². The first-order valence-electron chi connectivity index (χ1n) is 14.4. The Hall–Kier alpha value is -4.96. The van der Waals surface area contributed by atoms with E-state index in [1.807, 2.05) is 49.5 Å². The van der Waals surface area contributed by atoms with Crippen LogP contribution in [-0.2, 0) is 12.8 Å². The van der Waals surface area contributed by atoms with Crippen LogP contribution in [0.15, 0.2) is 121 Å². The van der Waals surface area contributed by atoms with Crippen molar-refractivity contribution >= 4 is 11.8 Å². The monoisotopic (exact) mass is 548 g/mol. The number of allylic oxidation sites excluding steroid dienone is 2. The number of benzene rings is 4. The normalized spacial score (nSPS) is 11.6. The highest BCUT2D eigenvalue weighted by Crippen LogP contribution is 2.31. The molecule has 1 aromatic heterocycles. The summed E-state index contributed by atoms with van der Waals surface area (Å²) in [6.45, 7) is 10.7. The largest absolute Gasteiger partial charge is 0.293 e. The van der Waals surface area contributed by atoms with E-state index in [9.17, 15) is 0 Å². The molecule has 0 atom stereocenters. The predicted molar refractivity (Wildman–Crippen MR) is 177 cm³/mol. The number of hydrogen-bond acceptors (Lipinski definition) is 4. The Kier molecular flexibility index (Phi) is 9.25. The minimum Gasteiger partial charge on any atom is -0.293 e. The summed E-state index contributed by atoms with van der Waals surface area (Å²) in [6.07, 6.45) is 7.17. The first kappa shape index (κ1) is 28.6. The van der Waals surface area contributed by atoms with Crippen molar-refractivity contribution in [3.8, 4) is 33.9 Å². The summed E-state index contributed by atoms with van der Waals surface area (Å²) in [4.78, 5) is 19.2. The van der Waals surface area contributed by atoms with E-state index in [0.717, 1.165) is 28.7 Å². The summed E-state index contributed by atoms with van der Waals surface area (Å²) in [7, 11) is 0. The van der Waals surface area contributed by atoms with Crippen LogP contribution >= 0.6 is 0 Å². The molecule has 1 heterocycles. The van der Waals surface area contributed by atoms with Gasteiger partial charge >= 0.3 is 0 Å². The SMILES string of the molecule is C=CCc1nc(-c2ccccc2)nc(-c2cc(Cc3ccccc3-c3ccccc3C)cc(/C(=C/C)C/N=C\C)c2)n1. The Labute approximate surface area is 249 Å². The van der Waals surface area contributed by atoms with Crippen LogP contribution in [0.25, 0.3) is 39.5 Å². The van der Waals surface area contributed by atoms with Crippen LogP contribution in [0, 0.1) is 6.92 Å². The molecule has 0 fully saturated rings. The van der Waals surface area contributed by atoms with Gasteiger partial charge in [0.15, 0.2) is 11.6 Å². The van der Waals surface area contributed by atoms with Gasteiger partial charge in [-0.05, 0) is 84.5 Å². The maximum absolute atomic E-state index is 4.96. The van der Waals surface area contributed by atoms with Gasteiger partial charge in [0.2, 0.25) is 0 Å². The molecule has 0 saturated heterocycles. The molecule has 5 rings (SSSR count). The van der Waals surface area contributed by atoms with Crippen LogP contribution in [-0.4, -0.2) is 27.7 Å². The quantitative estimate of drug-likeness (QED) is 0.129. The molecular weight excluding hydrogens is 512 g/mol. The molecule has 208 valence electrons. The molecule has 0 amide bonds. The third-order valence-electron chi connectivity index (χ3n) is 7.30. The fraction of sp³-hybridized carbons (Fsp3) is 0.158. The second-order valence-electron chi connectivity index (χ2n) is 10.2. The van der Waals surface area contributed by atoms with Crippen molar-refractivity contribution in [1.82, 2.24) is 15.0 Å². The lowest BCUT2D eigenvalue weighted by Crippen LogP contribution is -2.04. The van der Waals surface area contributed by atoms with Gasteiger partial charge in [0.25, 0.3) is 0 Å². The van der Waals surface area contributed by atoms with E-state index < -0.39 is 0 Å². The van der Waals surface area contributed by atoms with Crippen molar-refractivity contribution in [1.29, 1.82) is 0 Å². The van der Waals surface area contributed by atoms with E-state index in [0.29, 0.717) is 30.4 Å². The van der Waals surface area contributed by atoms with E-state index >= 15 is 0 Å². The topological polar surface area (TPSA) is 51.0 Å². The van der Waals surface area contributed by atoms with Crippen molar-refractivity contribution in [2.75, 3.05) is 6.54 Å². The molecule has 0 spiro atoms. The van der Waals surface area contributed by atoms with Crippen LogP contribution in [0.2, 0.25) is 0 Å². The van der Waals surface area contributed by atoms with Crippen LogP contribution in [0.4, 0.5) is 0 Å². The van der Waals surface area contributed by atoms with Gasteiger partial charge < -0.3 is 0 Å². The van der Waals surface area contributed by atoms with E-state index in [2.05, 4.69) is 98.2 Å². The molecule has 4 heteroatoms. The second kappa shape index (κ2) is 13.6. The average Bonchev–Trinajstić information content (AvgIpc) is 3.02. The fourth-order valence-electron chi connectivity index (χ4n) is 5.17. The Morgan fingerprint density at radius 2 is 1.45 bits per heavy atom. The molecule has 4 aromatic carbocycles. The maximum Gasteiger partial charge on any atom is 0.163 e. The molecule has 4 nitrogen and oxygen atoms in total. The summed E-state index contributed by atoms with van der Waals surface area (Å²) in [6, 6.07) is 34.0. The Morgan fingerprint density at radius 1 is 0.762 bits per heavy atom. The zero-order valence-corrected chi connectivity index (χ0v) is 24.6. The maximum atomic E-state index is 4.96. The zero-order valence-electron chi connectivity index (χ0n) is 24.6. The lowest BCUT2D eigenvalue weighted by atomic mass is 9.90. The van der Waals surface area contributed by atoms with E-state index in [-0.39, 0.29) is 0 Å². The molecule has 5 aromatic rings. The number of aromatic nitrogens is 3. The van der Waals surface area contributed by atoms with Crippen LogP contribution in [0.3, 0.4) is 0 Å². The van der Waals surface area contributed by atoms with Crippen LogP contribution in [0.5, 0.6) is 0 Å². The molecule has 0 unspecified atom stereocenters. The first-order valence-corrected chi connectivity index (χ1v) is 14.4. The Morgan fingerprint density at radius 3 is 2.17 bits per heavy atom. The molecule has 0 N–H and O–H groups in total. The summed E-state index contributed by atoms with van der Waals surface area (Å²) < 4.78 is 0. The van der Waals surface area contributed by atoms with Gasteiger partial charge in [-0.2, -0.15) is 0 Å². The van der Waals surface area contributed by atoms with Crippen molar-refractivity contribution < 1.29 is 0 Å². The van der Waals surface area contributed by atoms with Crippen molar-refractivity contribution in [3.05, 3.63) is 144 Å². The third-order valence-corrected chi connectivity index (χ3v) is 7.30. The Balaban J connectivity index is 1.66. The smallest absolute Gasteiger partial charge is 0.163 e. The molecule has 0 saturated carbocycles. The first-order chi connectivity index (χ1) is 20.6. The van der Waals surface area contributed by atoms with Gasteiger partial charge in [-0.1, -0.05) is 97.1 Å². The number of nitrogens with zero attached hydrogens (tertiary/aromatic N) is 4. The molecule has 0 radical (unpaired) electrons. The minimum absolute atomic E-state index is 0.566. The molecular formula is C38H36N4. The van der Waals surface area contributed by atoms with Crippen LogP contribution < -0.4 is 0 Å². The van der Waals surface area contributed by atoms with Gasteiger partial charge in [0.05, 0.1) is 6.54 Å². The summed E-state index contributed by atoms with van der Waals surface area (Å²) in [5.41, 5.74) is 10.4. The lowest BCUT2D eigenvalue weighted by molar-refractivity contribution is 0.948. The van der Waals surface area contributed by atoms with Gasteiger partial charge in [-0.15, -0.1) is 6.58 Å². The summed E-state index contributed by atoms with van der Waals surface area (Å²) >= 11 is 0. The van der Waals surface area contributed by atoms with Gasteiger partial charge in [-0.25, -0.2) is 15.0 Å². The molecule has 42 heavy (non-hydrogen) atoms. The van der Waals surface area contributed by atoms with Crippen molar-refractivity contribution in [2.45, 2.75) is 33.6 Å². The highest BCUT2D eigenvalue weighted by molar-refractivity contribution is 5.75. The number of rotatable bonds is 10. The van der Waals surface area contributed by atoms with E-state index in [1.165, 1.54) is 27.8 Å². The van der Waals surface area contributed by atoms with Crippen LogP contribution in [0.1, 0.15) is 41.9 Å². The molecule has 0 aliphatic heterocycles. The summed E-state index contributed by atoms with van der Waals surface area (Å²) in [5, 5.41) is 0. The average molecular weight is 549 g/mol. The molecule has 0 aliphatic rings. The predicted octanol–water partition coefficient (Wildman–Crippen LogP) is 8.99. The summed E-state index contributed by atoms with van der Waals surface area (Å²) in [5.74, 6) is 2.02. The number of hydrogen-bond donors (Lipinski definition) is 0. The highest BCUT2D eigenvalue weighted by Gasteiger charge is 2.15. The van der Waals surface area contributed by atoms with E-state index in [4.69, 9.17) is 15.0 Å². The third kappa shape index (κ3) is 6.67. The minimum atomic E-state index is 0.566. The Bertz CT molecular complexity index is 1750. The fourth-order valence-corrected chi connectivity index (χ4v) is 5.17. The van der Waals surface area contributed by atoms with Crippen molar-refractivity contribution in [2.24, 2.45) is 4.99 Å². The number of aliphatic imine (C=N–C) groups is 1. The van der Waals surface area contributed by atoms with Gasteiger partial charge in [-0.3, -0.25) is 4.99 Å². The zero-order chi connectivity index (χ0) is 29.3. The molecule has 0 aliphatic carbocycles.